The molecule has 1 heterocycles. The molecule has 0 bridgehead atoms. The Morgan fingerprint density at radius 1 is 1.40 bits per heavy atom. The third kappa shape index (κ3) is 2.59. The number of nitrogens with zero attached hydrogens (tertiary/aromatic N) is 1. The van der Waals surface area contributed by atoms with Gasteiger partial charge in [0, 0.05) is 11.8 Å². The standard InChI is InChI=1S/C14H17FN2O3/c1-4-20-11-6-5-9(7-10(11)15)17-8-12(18)16-14(2,3)13(17)19/h5-7H,4,8H2,1-3H3,(H,16,18). The highest BCUT2D eigenvalue weighted by molar-refractivity contribution is 6.08. The zero-order valence-corrected chi connectivity index (χ0v) is 11.7. The Labute approximate surface area is 116 Å². The number of nitrogens with one attached hydrogen (secondary N) is 1. The predicted octanol–water partition coefficient (Wildman–Crippen LogP) is 1.47. The monoisotopic (exact) mass is 280 g/mol. The first-order valence-electron chi connectivity index (χ1n) is 6.40. The van der Waals surface area contributed by atoms with Crippen molar-refractivity contribution < 1.29 is 18.7 Å². The van der Waals surface area contributed by atoms with Crippen LogP contribution in [-0.2, 0) is 9.59 Å². The number of piperazine rings is 1. The van der Waals surface area contributed by atoms with Gasteiger partial charge in [-0.2, -0.15) is 0 Å². The molecule has 2 rings (SSSR count). The zero-order chi connectivity index (χ0) is 14.9. The number of carbonyl (C=O) groups is 2. The highest BCUT2D eigenvalue weighted by atomic mass is 19.1. The number of ether oxygens (including phenoxy) is 1. The molecular formula is C14H17FN2O3. The number of hydrogen-bond donors (Lipinski definition) is 1. The van der Waals surface area contributed by atoms with Crippen LogP contribution in [0.1, 0.15) is 20.8 Å². The van der Waals surface area contributed by atoms with E-state index in [-0.39, 0.29) is 24.1 Å². The summed E-state index contributed by atoms with van der Waals surface area (Å²) in [5, 5.41) is 2.60. The van der Waals surface area contributed by atoms with Gasteiger partial charge in [-0.15, -0.1) is 0 Å². The number of halogens is 1. The molecule has 2 amide bonds. The van der Waals surface area contributed by atoms with Crippen LogP contribution in [0.25, 0.3) is 0 Å². The van der Waals surface area contributed by atoms with Gasteiger partial charge in [-0.1, -0.05) is 0 Å². The van der Waals surface area contributed by atoms with Crippen molar-refractivity contribution in [2.24, 2.45) is 0 Å². The number of amides is 2. The summed E-state index contributed by atoms with van der Waals surface area (Å²) in [5.41, 5.74) is -0.649. The van der Waals surface area contributed by atoms with E-state index < -0.39 is 11.4 Å². The van der Waals surface area contributed by atoms with Crippen LogP contribution in [0.2, 0.25) is 0 Å². The second kappa shape index (κ2) is 5.11. The third-order valence-corrected chi connectivity index (χ3v) is 3.06. The van der Waals surface area contributed by atoms with Gasteiger partial charge in [-0.25, -0.2) is 4.39 Å². The van der Waals surface area contributed by atoms with E-state index in [9.17, 15) is 14.0 Å². The molecule has 0 spiro atoms. The van der Waals surface area contributed by atoms with Crippen molar-refractivity contribution in [3.63, 3.8) is 0 Å². The van der Waals surface area contributed by atoms with E-state index in [1.807, 2.05) is 0 Å². The largest absolute Gasteiger partial charge is 0.491 e. The molecule has 20 heavy (non-hydrogen) atoms. The first-order valence-corrected chi connectivity index (χ1v) is 6.40. The second-order valence-electron chi connectivity index (χ2n) is 5.11. The normalized spacial score (nSPS) is 17.9. The van der Waals surface area contributed by atoms with Crippen molar-refractivity contribution in [3.8, 4) is 5.75 Å². The van der Waals surface area contributed by atoms with Gasteiger partial charge in [0.25, 0.3) is 5.91 Å². The molecule has 5 nitrogen and oxygen atoms in total. The quantitative estimate of drug-likeness (QED) is 0.912. The maximum absolute atomic E-state index is 13.8. The molecule has 6 heteroatoms. The van der Waals surface area contributed by atoms with Gasteiger partial charge in [0.05, 0.1) is 6.61 Å². The van der Waals surface area contributed by atoms with Crippen molar-refractivity contribution >= 4 is 17.5 Å². The van der Waals surface area contributed by atoms with Crippen molar-refractivity contribution in [3.05, 3.63) is 24.0 Å². The molecule has 1 N–H and O–H groups in total. The van der Waals surface area contributed by atoms with Gasteiger partial charge in [-0.3, -0.25) is 9.59 Å². The van der Waals surface area contributed by atoms with E-state index in [0.29, 0.717) is 12.3 Å². The van der Waals surface area contributed by atoms with E-state index in [0.717, 1.165) is 0 Å². The highest BCUT2D eigenvalue weighted by Crippen LogP contribution is 2.26. The maximum atomic E-state index is 13.8. The minimum absolute atomic E-state index is 0.115. The molecule has 1 fully saturated rings. The Balaban J connectivity index is 2.33. The summed E-state index contributed by atoms with van der Waals surface area (Å²) < 4.78 is 19.0. The average Bonchev–Trinajstić information content (AvgIpc) is 2.36. The van der Waals surface area contributed by atoms with Gasteiger partial charge in [-0.05, 0) is 32.9 Å². The van der Waals surface area contributed by atoms with Crippen molar-refractivity contribution in [1.82, 2.24) is 5.32 Å². The molecule has 0 atom stereocenters. The summed E-state index contributed by atoms with van der Waals surface area (Å²) in [5.74, 6) is -0.977. The number of carbonyl (C=O) groups excluding carboxylic acids is 2. The molecule has 0 radical (unpaired) electrons. The Bertz CT molecular complexity index is 557. The van der Waals surface area contributed by atoms with Crippen LogP contribution in [0.5, 0.6) is 5.75 Å². The Morgan fingerprint density at radius 3 is 2.70 bits per heavy atom. The first-order chi connectivity index (χ1) is 9.35. The van der Waals surface area contributed by atoms with E-state index in [1.54, 1.807) is 26.8 Å². The Hall–Kier alpha value is -2.11. The molecule has 0 unspecified atom stereocenters. The maximum Gasteiger partial charge on any atom is 0.252 e. The van der Waals surface area contributed by atoms with E-state index in [1.165, 1.54) is 17.0 Å². The SMILES string of the molecule is CCOc1ccc(N2CC(=O)NC(C)(C)C2=O)cc1F. The molecule has 1 aliphatic rings. The van der Waals surface area contributed by atoms with Crippen LogP contribution in [0.4, 0.5) is 10.1 Å². The molecular weight excluding hydrogens is 263 g/mol. The third-order valence-electron chi connectivity index (χ3n) is 3.06. The topological polar surface area (TPSA) is 58.6 Å². The summed E-state index contributed by atoms with van der Waals surface area (Å²) in [6, 6.07) is 4.24. The molecule has 1 saturated heterocycles. The van der Waals surface area contributed by atoms with E-state index in [2.05, 4.69) is 5.32 Å². The second-order valence-corrected chi connectivity index (χ2v) is 5.11. The molecule has 1 aliphatic heterocycles. The van der Waals surface area contributed by atoms with Gasteiger partial charge in [0.1, 0.15) is 12.1 Å². The summed E-state index contributed by atoms with van der Waals surface area (Å²) in [6.07, 6.45) is 0. The fourth-order valence-corrected chi connectivity index (χ4v) is 2.13. The zero-order valence-electron chi connectivity index (χ0n) is 11.7. The summed E-state index contributed by atoms with van der Waals surface area (Å²) in [6.45, 7) is 5.23. The number of hydrogen-bond acceptors (Lipinski definition) is 3. The summed E-state index contributed by atoms with van der Waals surface area (Å²) >= 11 is 0. The fourth-order valence-electron chi connectivity index (χ4n) is 2.13. The molecule has 0 aliphatic carbocycles. The van der Waals surface area contributed by atoms with Crippen molar-refractivity contribution in [1.29, 1.82) is 0 Å². The van der Waals surface area contributed by atoms with Gasteiger partial charge < -0.3 is 15.0 Å². The van der Waals surface area contributed by atoms with Gasteiger partial charge in [0.2, 0.25) is 5.91 Å². The lowest BCUT2D eigenvalue weighted by molar-refractivity contribution is -0.134. The van der Waals surface area contributed by atoms with E-state index >= 15 is 0 Å². The smallest absolute Gasteiger partial charge is 0.252 e. The minimum Gasteiger partial charge on any atom is -0.491 e. The fraction of sp³-hybridized carbons (Fsp3) is 0.429. The predicted molar refractivity (Wildman–Crippen MR) is 72.1 cm³/mol. The number of anilines is 1. The Kier molecular flexibility index (Phi) is 3.65. The lowest BCUT2D eigenvalue weighted by Crippen LogP contribution is -2.64. The number of rotatable bonds is 3. The van der Waals surface area contributed by atoms with E-state index in [4.69, 9.17) is 4.74 Å². The van der Waals surface area contributed by atoms with Crippen LogP contribution < -0.4 is 15.0 Å². The average molecular weight is 280 g/mol. The van der Waals surface area contributed by atoms with Crippen LogP contribution >= 0.6 is 0 Å². The van der Waals surface area contributed by atoms with Crippen molar-refractivity contribution in [2.45, 2.75) is 26.3 Å². The molecule has 1 aromatic carbocycles. The lowest BCUT2D eigenvalue weighted by atomic mass is 10.00. The van der Waals surface area contributed by atoms with Crippen LogP contribution in [-0.4, -0.2) is 30.5 Å². The molecule has 0 aromatic heterocycles. The van der Waals surface area contributed by atoms with Crippen LogP contribution in [0.15, 0.2) is 18.2 Å². The van der Waals surface area contributed by atoms with Crippen LogP contribution in [0, 0.1) is 5.82 Å². The molecule has 108 valence electrons. The van der Waals surface area contributed by atoms with Gasteiger partial charge >= 0.3 is 0 Å². The molecule has 1 aromatic rings. The first kappa shape index (κ1) is 14.3. The highest BCUT2D eigenvalue weighted by Gasteiger charge is 2.39. The summed E-state index contributed by atoms with van der Waals surface area (Å²) in [4.78, 5) is 25.2. The Morgan fingerprint density at radius 2 is 2.10 bits per heavy atom. The van der Waals surface area contributed by atoms with Crippen LogP contribution in [0.3, 0.4) is 0 Å². The minimum atomic E-state index is -0.996. The summed E-state index contributed by atoms with van der Waals surface area (Å²) in [7, 11) is 0. The number of benzene rings is 1. The lowest BCUT2D eigenvalue weighted by Gasteiger charge is -2.37. The van der Waals surface area contributed by atoms with Crippen molar-refractivity contribution in [2.75, 3.05) is 18.1 Å². The van der Waals surface area contributed by atoms with Gasteiger partial charge in [0.15, 0.2) is 11.6 Å². The molecule has 0 saturated carbocycles.